The minimum atomic E-state index is 0.840. The van der Waals surface area contributed by atoms with Crippen LogP contribution in [-0.4, -0.2) is 0 Å². The molecule has 1 heteroatoms. The van der Waals surface area contributed by atoms with Gasteiger partial charge >= 0.3 is 0 Å². The molecule has 1 nitrogen and oxygen atoms in total. The van der Waals surface area contributed by atoms with Crippen LogP contribution in [0.15, 0.2) is 23.9 Å². The average molecular weight is 141 g/mol. The van der Waals surface area contributed by atoms with E-state index < -0.39 is 0 Å². The molecule has 0 saturated heterocycles. The van der Waals surface area contributed by atoms with Crippen molar-refractivity contribution in [3.63, 3.8) is 0 Å². The molecular formula is C9H19N. The van der Waals surface area contributed by atoms with Crippen LogP contribution in [0.25, 0.3) is 0 Å². The molecule has 0 aromatic heterocycles. The summed E-state index contributed by atoms with van der Waals surface area (Å²) in [5.41, 5.74) is 6.27. The van der Waals surface area contributed by atoms with E-state index in [4.69, 9.17) is 5.73 Å². The molecule has 0 aliphatic heterocycles. The Labute approximate surface area is 64.6 Å². The van der Waals surface area contributed by atoms with E-state index in [-0.39, 0.29) is 0 Å². The molecule has 0 aromatic carbocycles. The third-order valence-electron chi connectivity index (χ3n) is 0.879. The fourth-order valence-corrected chi connectivity index (χ4v) is 0.350. The third-order valence-corrected chi connectivity index (χ3v) is 0.879. The Kier molecular flexibility index (Phi) is 13.4. The molecule has 0 rings (SSSR count). The summed E-state index contributed by atoms with van der Waals surface area (Å²) in [7, 11) is 0. The van der Waals surface area contributed by atoms with E-state index in [9.17, 15) is 0 Å². The van der Waals surface area contributed by atoms with E-state index in [0.717, 1.165) is 12.1 Å². The zero-order chi connectivity index (χ0) is 8.41. The van der Waals surface area contributed by atoms with Gasteiger partial charge in [-0.2, -0.15) is 0 Å². The largest absolute Gasteiger partial charge is 0.399 e. The first-order valence-corrected chi connectivity index (χ1v) is 3.89. The van der Waals surface area contributed by atoms with Gasteiger partial charge in [-0.15, -0.1) is 0 Å². The lowest BCUT2D eigenvalue weighted by molar-refractivity contribution is 1.21. The molecule has 0 fully saturated rings. The standard InChI is InChI=1S/C7H13N.C2H6/c1-3-5-6-7(8)4-2;1-2/h4-6H,3,8H2,1-2H3;1-2H3/b6-5-,7-4+;. The minimum absolute atomic E-state index is 0.840. The van der Waals surface area contributed by atoms with Gasteiger partial charge in [0.05, 0.1) is 0 Å². The topological polar surface area (TPSA) is 26.0 Å². The van der Waals surface area contributed by atoms with Crippen molar-refractivity contribution in [2.45, 2.75) is 34.1 Å². The molecule has 0 saturated carbocycles. The lowest BCUT2D eigenvalue weighted by Gasteiger charge is -1.85. The van der Waals surface area contributed by atoms with E-state index in [1.807, 2.05) is 39.0 Å². The maximum absolute atomic E-state index is 5.43. The smallest absolute Gasteiger partial charge is 0.0267 e. The number of hydrogen-bond acceptors (Lipinski definition) is 1. The van der Waals surface area contributed by atoms with Gasteiger partial charge in [0, 0.05) is 5.70 Å². The monoisotopic (exact) mass is 141 g/mol. The number of hydrogen-bond donors (Lipinski definition) is 1. The molecule has 0 atom stereocenters. The van der Waals surface area contributed by atoms with Crippen molar-refractivity contribution in [1.82, 2.24) is 0 Å². The van der Waals surface area contributed by atoms with Crippen LogP contribution in [0.5, 0.6) is 0 Å². The van der Waals surface area contributed by atoms with E-state index in [1.54, 1.807) is 0 Å². The van der Waals surface area contributed by atoms with Crippen molar-refractivity contribution >= 4 is 0 Å². The van der Waals surface area contributed by atoms with Crippen molar-refractivity contribution in [3.05, 3.63) is 23.9 Å². The van der Waals surface area contributed by atoms with E-state index in [1.165, 1.54) is 0 Å². The van der Waals surface area contributed by atoms with Gasteiger partial charge < -0.3 is 5.73 Å². The van der Waals surface area contributed by atoms with Gasteiger partial charge in [0.1, 0.15) is 0 Å². The van der Waals surface area contributed by atoms with Crippen LogP contribution in [0.1, 0.15) is 34.1 Å². The SMILES string of the molecule is C/C=C(N)\C=C/CC.CC. The van der Waals surface area contributed by atoms with Crippen molar-refractivity contribution in [2.75, 3.05) is 0 Å². The Morgan fingerprint density at radius 1 is 1.40 bits per heavy atom. The van der Waals surface area contributed by atoms with Gasteiger partial charge in [-0.1, -0.05) is 32.9 Å². The van der Waals surface area contributed by atoms with E-state index in [2.05, 4.69) is 6.92 Å². The van der Waals surface area contributed by atoms with E-state index >= 15 is 0 Å². The second-order valence-electron chi connectivity index (χ2n) is 1.60. The highest BCUT2D eigenvalue weighted by Gasteiger charge is 1.72. The van der Waals surface area contributed by atoms with Crippen LogP contribution in [0.4, 0.5) is 0 Å². The molecule has 0 aromatic rings. The fourth-order valence-electron chi connectivity index (χ4n) is 0.350. The molecule has 2 N–H and O–H groups in total. The van der Waals surface area contributed by atoms with Crippen LogP contribution in [0.2, 0.25) is 0 Å². The lowest BCUT2D eigenvalue weighted by atomic mass is 10.3. The van der Waals surface area contributed by atoms with Crippen molar-refractivity contribution in [3.8, 4) is 0 Å². The Balaban J connectivity index is 0. The van der Waals surface area contributed by atoms with Crippen LogP contribution < -0.4 is 5.73 Å². The van der Waals surface area contributed by atoms with Crippen LogP contribution in [-0.2, 0) is 0 Å². The highest BCUT2D eigenvalue weighted by molar-refractivity contribution is 5.12. The molecule has 60 valence electrons. The summed E-state index contributed by atoms with van der Waals surface area (Å²) < 4.78 is 0. The van der Waals surface area contributed by atoms with E-state index in [0.29, 0.717) is 0 Å². The third kappa shape index (κ3) is 10.3. The molecule has 0 heterocycles. The summed E-state index contributed by atoms with van der Waals surface area (Å²) in [4.78, 5) is 0. The molecule has 0 bridgehead atoms. The molecule has 0 aliphatic carbocycles. The molecule has 0 amide bonds. The second-order valence-corrected chi connectivity index (χ2v) is 1.60. The summed E-state index contributed by atoms with van der Waals surface area (Å²) in [6.07, 6.45) is 6.88. The lowest BCUT2D eigenvalue weighted by Crippen LogP contribution is -1.89. The molecular weight excluding hydrogens is 122 g/mol. The second kappa shape index (κ2) is 11.1. The van der Waals surface area contributed by atoms with Gasteiger partial charge in [0.15, 0.2) is 0 Å². The van der Waals surface area contributed by atoms with Crippen LogP contribution in [0.3, 0.4) is 0 Å². The maximum Gasteiger partial charge on any atom is 0.0267 e. The predicted octanol–water partition coefficient (Wildman–Crippen LogP) is 2.84. The summed E-state index contributed by atoms with van der Waals surface area (Å²) in [6, 6.07) is 0. The fraction of sp³-hybridized carbons (Fsp3) is 0.556. The highest BCUT2D eigenvalue weighted by Crippen LogP contribution is 1.86. The Hall–Kier alpha value is -0.720. The number of rotatable bonds is 2. The zero-order valence-corrected chi connectivity index (χ0v) is 7.52. The van der Waals surface area contributed by atoms with Gasteiger partial charge in [0.25, 0.3) is 0 Å². The van der Waals surface area contributed by atoms with Crippen LogP contribution in [0, 0.1) is 0 Å². The molecule has 0 aliphatic rings. The summed E-state index contributed by atoms with van der Waals surface area (Å²) >= 11 is 0. The summed E-state index contributed by atoms with van der Waals surface area (Å²) in [5, 5.41) is 0. The molecule has 10 heavy (non-hydrogen) atoms. The number of allylic oxidation sites excluding steroid dienone is 3. The Bertz CT molecular complexity index is 101. The van der Waals surface area contributed by atoms with Gasteiger partial charge in [-0.25, -0.2) is 0 Å². The number of nitrogens with two attached hydrogens (primary N) is 1. The molecule has 0 unspecified atom stereocenters. The van der Waals surface area contributed by atoms with Gasteiger partial charge in [-0.05, 0) is 19.4 Å². The minimum Gasteiger partial charge on any atom is -0.399 e. The normalized spacial score (nSPS) is 11.0. The van der Waals surface area contributed by atoms with Crippen LogP contribution >= 0.6 is 0 Å². The quantitative estimate of drug-likeness (QED) is 0.588. The van der Waals surface area contributed by atoms with Crippen molar-refractivity contribution < 1.29 is 0 Å². The van der Waals surface area contributed by atoms with Crippen molar-refractivity contribution in [2.24, 2.45) is 5.73 Å². The first kappa shape index (κ1) is 12.0. The van der Waals surface area contributed by atoms with Gasteiger partial charge in [-0.3, -0.25) is 0 Å². The highest BCUT2D eigenvalue weighted by atomic mass is 14.5. The summed E-state index contributed by atoms with van der Waals surface area (Å²) in [5.74, 6) is 0. The predicted molar refractivity (Wildman–Crippen MR) is 48.7 cm³/mol. The zero-order valence-electron chi connectivity index (χ0n) is 7.52. The van der Waals surface area contributed by atoms with Gasteiger partial charge in [0.2, 0.25) is 0 Å². The Morgan fingerprint density at radius 2 is 1.90 bits per heavy atom. The summed E-state index contributed by atoms with van der Waals surface area (Å²) in [6.45, 7) is 8.01. The first-order chi connectivity index (χ1) is 4.81. The first-order valence-electron chi connectivity index (χ1n) is 3.89. The molecule has 0 spiro atoms. The Morgan fingerprint density at radius 3 is 2.20 bits per heavy atom. The van der Waals surface area contributed by atoms with Crippen molar-refractivity contribution in [1.29, 1.82) is 0 Å². The molecule has 0 radical (unpaired) electrons. The average Bonchev–Trinajstić information content (AvgIpc) is 2.04. The maximum atomic E-state index is 5.43.